The lowest BCUT2D eigenvalue weighted by Crippen LogP contribution is -2.47. The summed E-state index contributed by atoms with van der Waals surface area (Å²) in [5.41, 5.74) is 2.80. The summed E-state index contributed by atoms with van der Waals surface area (Å²) in [7, 11) is 0. The number of hydrogen-bond donors (Lipinski definition) is 3. The minimum Gasteiger partial charge on any atom is -0.457 e. The van der Waals surface area contributed by atoms with Crippen molar-refractivity contribution in [1.82, 2.24) is 25.1 Å². The Morgan fingerprint density at radius 1 is 0.656 bits per heavy atom. The van der Waals surface area contributed by atoms with Crippen LogP contribution in [0.4, 0.5) is 10.5 Å². The highest BCUT2D eigenvalue weighted by atomic mass is 16.7. The van der Waals surface area contributed by atoms with Gasteiger partial charge in [0.25, 0.3) is 17.4 Å². The smallest absolute Gasteiger partial charge is 0.457 e. The van der Waals surface area contributed by atoms with Crippen molar-refractivity contribution < 1.29 is 95.1 Å². The molecule has 4 aromatic rings. The highest BCUT2D eigenvalue weighted by Gasteiger charge is 2.51. The van der Waals surface area contributed by atoms with Crippen LogP contribution >= 0.6 is 0 Å². The van der Waals surface area contributed by atoms with Crippen molar-refractivity contribution in [2.24, 2.45) is 0 Å². The van der Waals surface area contributed by atoms with Crippen LogP contribution in [-0.2, 0) is 113 Å². The number of nitrogens with one attached hydrogen (secondary N) is 3. The van der Waals surface area contributed by atoms with E-state index >= 15 is 0 Å². The first-order chi connectivity index (χ1) is 45.3. The zero-order valence-electron chi connectivity index (χ0n) is 53.3. The molecule has 27 nitrogen and oxygen atoms in total. The molecule has 5 amide bonds. The normalized spacial score (nSPS) is 15.5. The van der Waals surface area contributed by atoms with Gasteiger partial charge in [0.05, 0.1) is 135 Å². The van der Waals surface area contributed by atoms with E-state index < -0.39 is 35.6 Å². The number of pyridine rings is 2. The average Bonchev–Trinajstić information content (AvgIpc) is 1.68. The zero-order valence-corrected chi connectivity index (χ0v) is 53.3. The molecule has 27 heteroatoms. The highest BCUT2D eigenvalue weighted by molar-refractivity contribution is 6.13. The summed E-state index contributed by atoms with van der Waals surface area (Å²) in [6.45, 7) is 11.7. The highest BCUT2D eigenvalue weighted by Crippen LogP contribution is 2.44. The number of anilines is 1. The van der Waals surface area contributed by atoms with Gasteiger partial charge in [-0.3, -0.25) is 33.7 Å². The largest absolute Gasteiger partial charge is 0.510 e. The number of carbonyl (C=O) groups excluding carboxylic acids is 7. The van der Waals surface area contributed by atoms with E-state index in [1.165, 1.54) is 12.2 Å². The molecule has 0 aliphatic carbocycles. The number of nitrogens with zero attached hydrogens (tertiary/aromatic N) is 3. The molecule has 0 fully saturated rings. The van der Waals surface area contributed by atoms with Crippen molar-refractivity contribution in [2.75, 3.05) is 131 Å². The van der Waals surface area contributed by atoms with Crippen LogP contribution in [0, 0.1) is 0 Å². The molecule has 93 heavy (non-hydrogen) atoms. The SMILES string of the molecule is CCCCC[C@H](NC(=O)CCOCCOCCOCCOCCOCCOCCOCCOCCNC(=O)CCN1C(=O)C=CC1=O)C(=O)Nc1ccc(COC(=O)O[C@]2(CC)C(=O)OCc3c2cc2n(c3=O)Cc3c-2nc2cc4c(cc2c3CCCC)OCO4)cc1. The van der Waals surface area contributed by atoms with Crippen molar-refractivity contribution in [3.8, 4) is 22.9 Å². The molecule has 8 rings (SSSR count). The van der Waals surface area contributed by atoms with Gasteiger partial charge in [-0.2, -0.15) is 0 Å². The van der Waals surface area contributed by atoms with Crippen LogP contribution in [0.1, 0.15) is 106 Å². The molecule has 6 heterocycles. The van der Waals surface area contributed by atoms with Gasteiger partial charge in [0.2, 0.25) is 30.1 Å². The van der Waals surface area contributed by atoms with E-state index in [2.05, 4.69) is 29.8 Å². The average molecular weight is 1300 g/mol. The fraction of sp³-hybridized carbons (Fsp3) is 0.561. The standard InChI is InChI=1S/C66H86N6O21/c1-4-7-9-11-52(69-58(74)19-22-81-24-26-83-28-30-85-32-34-87-36-37-88-35-33-86-31-29-84-27-25-82-23-20-67-57(73)18-21-71-59(75)16-17-60(71)76)62(77)68-46-14-12-45(13-15-46)42-90-65(80)93-66(6-3)51-39-54-61-49(41-72(54)63(78)50(51)43-89-64(66)79)47(10-8-5-2)48-38-55-56(92-44-91-55)40-53(48)70-61/h12-17,38-40,52H,4-11,18-37,41-44H2,1-3H3,(H,67,73)(H,68,77)(H,69,74)/t52-,66-/m0/s1. The molecule has 2 aromatic heterocycles. The maximum Gasteiger partial charge on any atom is 0.510 e. The van der Waals surface area contributed by atoms with Gasteiger partial charge in [-0.15, -0.1) is 0 Å². The van der Waals surface area contributed by atoms with Crippen molar-refractivity contribution in [3.63, 3.8) is 0 Å². The molecule has 0 bridgehead atoms. The summed E-state index contributed by atoms with van der Waals surface area (Å²) in [5.74, 6) is -1.43. The number of aromatic nitrogens is 2. The Kier molecular flexibility index (Phi) is 28.3. The number of unbranched alkanes of at least 4 members (excludes halogenated alkanes) is 3. The third-order valence-corrected chi connectivity index (χ3v) is 15.7. The molecule has 2 atom stereocenters. The minimum absolute atomic E-state index is 0.0291. The van der Waals surface area contributed by atoms with Gasteiger partial charge in [-0.25, -0.2) is 14.6 Å². The number of carbonyl (C=O) groups is 7. The molecule has 4 aliphatic rings. The lowest BCUT2D eigenvalue weighted by atomic mass is 9.85. The Balaban J connectivity index is 0.647. The Bertz CT molecular complexity index is 3260. The van der Waals surface area contributed by atoms with E-state index in [9.17, 15) is 38.4 Å². The molecule has 3 N–H and O–H groups in total. The summed E-state index contributed by atoms with van der Waals surface area (Å²) in [4.78, 5) is 109. The van der Waals surface area contributed by atoms with Crippen molar-refractivity contribution >= 4 is 58.3 Å². The topological polar surface area (TPSA) is 314 Å². The Labute approximate surface area is 539 Å². The Morgan fingerprint density at radius 2 is 1.25 bits per heavy atom. The van der Waals surface area contributed by atoms with Gasteiger partial charge >= 0.3 is 12.1 Å². The second-order valence-electron chi connectivity index (χ2n) is 22.2. The molecule has 0 saturated heterocycles. The first kappa shape index (κ1) is 71.0. The predicted molar refractivity (Wildman–Crippen MR) is 334 cm³/mol. The number of esters is 1. The lowest BCUT2D eigenvalue weighted by molar-refractivity contribution is -0.175. The van der Waals surface area contributed by atoms with E-state index in [0.29, 0.717) is 145 Å². The van der Waals surface area contributed by atoms with Crippen LogP contribution in [0.5, 0.6) is 11.5 Å². The van der Waals surface area contributed by atoms with Crippen LogP contribution in [0.25, 0.3) is 22.3 Å². The number of amides is 5. The van der Waals surface area contributed by atoms with Crippen LogP contribution in [0.3, 0.4) is 0 Å². The number of hydrogen-bond acceptors (Lipinski definition) is 22. The van der Waals surface area contributed by atoms with Crippen molar-refractivity contribution in [2.45, 2.75) is 116 Å². The third kappa shape index (κ3) is 20.3. The van der Waals surface area contributed by atoms with Gasteiger partial charge in [0.1, 0.15) is 19.3 Å². The number of fused-ring (bicyclic) bond motifs is 6. The van der Waals surface area contributed by atoms with Crippen LogP contribution in [0.15, 0.2) is 59.4 Å². The second-order valence-corrected chi connectivity index (χ2v) is 22.2. The van der Waals surface area contributed by atoms with E-state index in [1.54, 1.807) is 41.8 Å². The number of aryl methyl sites for hydroxylation is 1. The van der Waals surface area contributed by atoms with E-state index in [1.807, 2.05) is 12.1 Å². The minimum atomic E-state index is -1.98. The third-order valence-electron chi connectivity index (χ3n) is 15.7. The van der Waals surface area contributed by atoms with Crippen molar-refractivity contribution in [1.29, 1.82) is 0 Å². The molecular weight excluding hydrogens is 1210 g/mol. The van der Waals surface area contributed by atoms with E-state index in [-0.39, 0.29) is 100.0 Å². The molecular formula is C66H86N6O21. The number of cyclic esters (lactones) is 1. The summed E-state index contributed by atoms with van der Waals surface area (Å²) >= 11 is 0. The molecule has 506 valence electrons. The number of rotatable bonds is 44. The first-order valence-corrected chi connectivity index (χ1v) is 32.0. The van der Waals surface area contributed by atoms with Gasteiger partial charge in [-0.05, 0) is 61.1 Å². The maximum absolute atomic E-state index is 14.3. The molecule has 0 radical (unpaired) electrons. The Hall–Kier alpha value is -7.89. The van der Waals surface area contributed by atoms with Crippen LogP contribution in [0.2, 0.25) is 0 Å². The quantitative estimate of drug-likeness (QED) is 0.0247. The van der Waals surface area contributed by atoms with E-state index in [0.717, 1.165) is 59.9 Å². The van der Waals surface area contributed by atoms with Gasteiger partial charge in [0, 0.05) is 66.4 Å². The molecule has 0 saturated carbocycles. The molecule has 0 spiro atoms. The maximum atomic E-state index is 14.3. The molecule has 4 aliphatic heterocycles. The monoisotopic (exact) mass is 1300 g/mol. The van der Waals surface area contributed by atoms with Crippen molar-refractivity contribution in [3.05, 3.63) is 92.8 Å². The second kappa shape index (κ2) is 37.1. The van der Waals surface area contributed by atoms with Crippen LogP contribution < -0.4 is 31.0 Å². The summed E-state index contributed by atoms with van der Waals surface area (Å²) in [6.07, 6.45) is 6.81. The number of ether oxygens (including phenoxy) is 13. The van der Waals surface area contributed by atoms with Gasteiger partial charge in [0.15, 0.2) is 11.5 Å². The lowest BCUT2D eigenvalue weighted by Gasteiger charge is -2.35. The van der Waals surface area contributed by atoms with Crippen LogP contribution in [-0.4, -0.2) is 188 Å². The van der Waals surface area contributed by atoms with Gasteiger partial charge < -0.3 is 82.1 Å². The predicted octanol–water partition coefficient (Wildman–Crippen LogP) is 5.47. The molecule has 0 unspecified atom stereocenters. The van der Waals surface area contributed by atoms with Gasteiger partial charge in [-0.1, -0.05) is 58.6 Å². The fourth-order valence-corrected chi connectivity index (χ4v) is 10.7. The summed E-state index contributed by atoms with van der Waals surface area (Å²) in [5, 5.41) is 9.33. The summed E-state index contributed by atoms with van der Waals surface area (Å²) in [6, 6.07) is 11.3. The Morgan fingerprint density at radius 3 is 1.85 bits per heavy atom. The zero-order chi connectivity index (χ0) is 65.8. The number of benzene rings is 2. The van der Waals surface area contributed by atoms with E-state index in [4.69, 9.17) is 66.6 Å². The first-order valence-electron chi connectivity index (χ1n) is 32.0. The summed E-state index contributed by atoms with van der Waals surface area (Å²) < 4.78 is 74.2. The number of imide groups is 1. The molecule has 2 aromatic carbocycles. The fourth-order valence-electron chi connectivity index (χ4n) is 10.7.